The van der Waals surface area contributed by atoms with Gasteiger partial charge in [0, 0.05) is 27.0 Å². The van der Waals surface area contributed by atoms with E-state index in [4.69, 9.17) is 17.0 Å². The maximum Gasteiger partial charge on any atom is 0.338 e. The average molecular weight is 387 g/mol. The van der Waals surface area contributed by atoms with E-state index >= 15 is 0 Å². The molecule has 2 rings (SSSR count). The van der Waals surface area contributed by atoms with Gasteiger partial charge < -0.3 is 15.0 Å². The summed E-state index contributed by atoms with van der Waals surface area (Å²) in [5.74, 6) is -0.355. The summed E-state index contributed by atoms with van der Waals surface area (Å²) in [6, 6.07) is 1.69. The molecule has 0 saturated heterocycles. The van der Waals surface area contributed by atoms with Crippen LogP contribution in [0.1, 0.15) is 17.8 Å². The Hall–Kier alpha value is -1.18. The van der Waals surface area contributed by atoms with Gasteiger partial charge in [-0.2, -0.15) is 0 Å². The van der Waals surface area contributed by atoms with E-state index < -0.39 is 0 Å². The number of thiocarbonyl (C=S) groups is 1. The molecule has 0 radical (unpaired) electrons. The molecule has 2 heterocycles. The van der Waals surface area contributed by atoms with Crippen LogP contribution in [0.4, 0.5) is 0 Å². The largest absolute Gasteiger partial charge is 0.466 e. The Morgan fingerprint density at radius 1 is 1.71 bits per heavy atom. The smallest absolute Gasteiger partial charge is 0.338 e. The van der Waals surface area contributed by atoms with E-state index in [0.717, 1.165) is 15.0 Å². The number of carbonyl (C=O) groups excluding carboxylic acids is 1. The minimum absolute atomic E-state index is 0.290. The first-order chi connectivity index (χ1) is 9.99. The van der Waals surface area contributed by atoms with E-state index in [0.29, 0.717) is 17.2 Å². The van der Waals surface area contributed by atoms with Crippen LogP contribution in [0.5, 0.6) is 0 Å². The van der Waals surface area contributed by atoms with Gasteiger partial charge in [-0.05, 0) is 41.1 Å². The summed E-state index contributed by atoms with van der Waals surface area (Å²) in [5.41, 5.74) is 1.36. The topological polar surface area (TPSA) is 41.6 Å². The van der Waals surface area contributed by atoms with E-state index in [1.165, 1.54) is 7.11 Å². The van der Waals surface area contributed by atoms with E-state index in [1.807, 2.05) is 23.3 Å². The fourth-order valence-electron chi connectivity index (χ4n) is 2.20. The SMILES string of the molecule is C=CCN1C(=S)N[C@H](c2cc(Br)cs2)C(C(=O)OC)=C1C. The van der Waals surface area contributed by atoms with Gasteiger partial charge in [0.25, 0.3) is 0 Å². The Bertz CT molecular complexity index is 624. The third-order valence-electron chi connectivity index (χ3n) is 3.19. The standard InChI is InChI=1S/C14H15BrN2O2S2/c1-4-5-17-8(2)11(13(18)19-3)12(16-14(17)20)10-6-9(15)7-21-10/h4,6-7,12H,1,5H2,2-3H3,(H,16,20)/t12-/m1/s1. The van der Waals surface area contributed by atoms with Gasteiger partial charge >= 0.3 is 5.97 Å². The fraction of sp³-hybridized carbons (Fsp3) is 0.286. The lowest BCUT2D eigenvalue weighted by Gasteiger charge is -2.36. The number of allylic oxidation sites excluding steroid dienone is 1. The van der Waals surface area contributed by atoms with E-state index in [9.17, 15) is 4.79 Å². The molecule has 1 aliphatic rings. The highest BCUT2D eigenvalue weighted by Crippen LogP contribution is 2.35. The monoisotopic (exact) mass is 386 g/mol. The van der Waals surface area contributed by atoms with Crippen molar-refractivity contribution in [3.8, 4) is 0 Å². The van der Waals surface area contributed by atoms with E-state index in [-0.39, 0.29) is 12.0 Å². The van der Waals surface area contributed by atoms with Gasteiger partial charge in [-0.15, -0.1) is 17.9 Å². The zero-order valence-electron chi connectivity index (χ0n) is 11.7. The van der Waals surface area contributed by atoms with Crippen molar-refractivity contribution in [2.75, 3.05) is 13.7 Å². The maximum atomic E-state index is 12.2. The number of methoxy groups -OCH3 is 1. The number of thiophene rings is 1. The highest BCUT2D eigenvalue weighted by molar-refractivity contribution is 9.10. The van der Waals surface area contributed by atoms with Crippen molar-refractivity contribution in [2.45, 2.75) is 13.0 Å². The Morgan fingerprint density at radius 2 is 2.43 bits per heavy atom. The van der Waals surface area contributed by atoms with Crippen LogP contribution < -0.4 is 5.32 Å². The first kappa shape index (κ1) is 16.2. The number of halogens is 1. The number of carbonyl (C=O) groups is 1. The number of ether oxygens (including phenoxy) is 1. The molecule has 4 nitrogen and oxygen atoms in total. The number of hydrogen-bond acceptors (Lipinski definition) is 4. The van der Waals surface area contributed by atoms with Crippen LogP contribution in [0.25, 0.3) is 0 Å². The number of hydrogen-bond donors (Lipinski definition) is 1. The van der Waals surface area contributed by atoms with Crippen molar-refractivity contribution in [3.63, 3.8) is 0 Å². The predicted octanol–water partition coefficient (Wildman–Crippen LogP) is 3.37. The lowest BCUT2D eigenvalue weighted by molar-refractivity contribution is -0.136. The molecule has 1 aliphatic heterocycles. The molecule has 0 fully saturated rings. The molecule has 1 N–H and O–H groups in total. The van der Waals surface area contributed by atoms with Gasteiger partial charge in [0.1, 0.15) is 0 Å². The zero-order chi connectivity index (χ0) is 15.6. The van der Waals surface area contributed by atoms with Crippen LogP contribution in [0.15, 0.2) is 39.8 Å². The molecule has 0 aromatic carbocycles. The second kappa shape index (κ2) is 6.72. The third kappa shape index (κ3) is 3.20. The predicted molar refractivity (Wildman–Crippen MR) is 92.1 cm³/mol. The van der Waals surface area contributed by atoms with Gasteiger partial charge in [0.05, 0.1) is 18.7 Å². The molecular formula is C14H15BrN2O2S2. The minimum atomic E-state index is -0.355. The van der Waals surface area contributed by atoms with E-state index in [1.54, 1.807) is 17.4 Å². The van der Waals surface area contributed by atoms with Gasteiger partial charge in [-0.1, -0.05) is 6.08 Å². The van der Waals surface area contributed by atoms with Crippen molar-refractivity contribution < 1.29 is 9.53 Å². The van der Waals surface area contributed by atoms with Gasteiger partial charge in [-0.3, -0.25) is 0 Å². The molecule has 1 aromatic rings. The average Bonchev–Trinajstić information content (AvgIpc) is 2.88. The second-order valence-corrected chi connectivity index (χ2v) is 6.68. The summed E-state index contributed by atoms with van der Waals surface area (Å²) in [4.78, 5) is 15.0. The molecule has 0 unspecified atom stereocenters. The first-order valence-electron chi connectivity index (χ1n) is 6.21. The molecular weight excluding hydrogens is 372 g/mol. The number of nitrogens with zero attached hydrogens (tertiary/aromatic N) is 1. The summed E-state index contributed by atoms with van der Waals surface area (Å²) >= 11 is 10.4. The van der Waals surface area contributed by atoms with Gasteiger partial charge in [0.15, 0.2) is 5.11 Å². The molecule has 112 valence electrons. The lowest BCUT2D eigenvalue weighted by atomic mass is 10.0. The van der Waals surface area contributed by atoms with Crippen molar-refractivity contribution in [1.29, 1.82) is 0 Å². The molecule has 0 saturated carbocycles. The Labute approximate surface area is 141 Å². The molecule has 1 atom stereocenters. The van der Waals surface area contributed by atoms with Crippen molar-refractivity contribution in [2.24, 2.45) is 0 Å². The highest BCUT2D eigenvalue weighted by atomic mass is 79.9. The van der Waals surface area contributed by atoms with E-state index in [2.05, 4.69) is 27.8 Å². The summed E-state index contributed by atoms with van der Waals surface area (Å²) in [5, 5.41) is 5.77. The van der Waals surface area contributed by atoms with Gasteiger partial charge in [0.2, 0.25) is 0 Å². The molecule has 21 heavy (non-hydrogen) atoms. The van der Waals surface area contributed by atoms with Crippen molar-refractivity contribution in [3.05, 3.63) is 44.7 Å². The molecule has 0 spiro atoms. The fourth-order valence-corrected chi connectivity index (χ4v) is 4.03. The van der Waals surface area contributed by atoms with Crippen LogP contribution >= 0.6 is 39.5 Å². The minimum Gasteiger partial charge on any atom is -0.466 e. The Morgan fingerprint density at radius 3 is 2.95 bits per heavy atom. The molecule has 0 aliphatic carbocycles. The molecule has 7 heteroatoms. The van der Waals surface area contributed by atoms with Gasteiger partial charge in [-0.25, -0.2) is 4.79 Å². The van der Waals surface area contributed by atoms with Crippen molar-refractivity contribution >= 4 is 50.6 Å². The second-order valence-electron chi connectivity index (χ2n) is 4.44. The Balaban J connectivity index is 2.51. The third-order valence-corrected chi connectivity index (χ3v) is 5.28. The van der Waals surface area contributed by atoms with Crippen LogP contribution in [-0.2, 0) is 9.53 Å². The number of esters is 1. The number of nitrogens with one attached hydrogen (secondary N) is 1. The van der Waals surface area contributed by atoms with Crippen LogP contribution in [0.3, 0.4) is 0 Å². The zero-order valence-corrected chi connectivity index (χ0v) is 14.9. The van der Waals surface area contributed by atoms with Crippen molar-refractivity contribution in [1.82, 2.24) is 10.2 Å². The number of rotatable bonds is 4. The summed E-state index contributed by atoms with van der Waals surface area (Å²) in [6.07, 6.45) is 1.74. The molecule has 0 bridgehead atoms. The first-order valence-corrected chi connectivity index (χ1v) is 8.29. The molecule has 1 aromatic heterocycles. The summed E-state index contributed by atoms with van der Waals surface area (Å²) in [6.45, 7) is 6.14. The quantitative estimate of drug-likeness (QED) is 0.488. The maximum absolute atomic E-state index is 12.2. The highest BCUT2D eigenvalue weighted by Gasteiger charge is 2.34. The molecule has 0 amide bonds. The summed E-state index contributed by atoms with van der Waals surface area (Å²) < 4.78 is 5.92. The normalized spacial score (nSPS) is 18.5. The van der Waals surface area contributed by atoms with Crippen LogP contribution in [0, 0.1) is 0 Å². The van der Waals surface area contributed by atoms with Crippen LogP contribution in [-0.4, -0.2) is 29.6 Å². The lowest BCUT2D eigenvalue weighted by Crippen LogP contribution is -2.47. The van der Waals surface area contributed by atoms with Crippen LogP contribution in [0.2, 0.25) is 0 Å². The summed E-state index contributed by atoms with van der Waals surface area (Å²) in [7, 11) is 1.38. The Kier molecular flexibility index (Phi) is 5.18.